The number of halogens is 2. The number of hydrogen-bond acceptors (Lipinski definition) is 4. The molecule has 0 aliphatic rings. The maximum Gasteiger partial charge on any atom is 0.210 e. The van der Waals surface area contributed by atoms with E-state index in [1.54, 1.807) is 0 Å². The fraction of sp³-hybridized carbons (Fsp3) is 0.200. The minimum Gasteiger partial charge on any atom is -0.330 e. The zero-order valence-electron chi connectivity index (χ0n) is 8.50. The Kier molecular flexibility index (Phi) is 3.09. The molecule has 0 fully saturated rings. The Bertz CT molecular complexity index is 499. The lowest BCUT2D eigenvalue weighted by atomic mass is 10.3. The van der Waals surface area contributed by atoms with Gasteiger partial charge in [0.1, 0.15) is 5.01 Å². The predicted molar refractivity (Wildman–Crippen MR) is 58.9 cm³/mol. The lowest BCUT2D eigenvalue weighted by molar-refractivity contribution is 0.509. The van der Waals surface area contributed by atoms with Crippen LogP contribution in [-0.2, 0) is 6.42 Å². The molecule has 0 saturated carbocycles. The van der Waals surface area contributed by atoms with Crippen molar-refractivity contribution in [1.82, 2.24) is 10.2 Å². The molecule has 6 heteroatoms. The first-order chi connectivity index (χ1) is 7.69. The summed E-state index contributed by atoms with van der Waals surface area (Å²) in [5.74, 6) is -1.75. The summed E-state index contributed by atoms with van der Waals surface area (Å²) in [5.41, 5.74) is 0.456. The van der Waals surface area contributed by atoms with Crippen LogP contribution in [0.3, 0.4) is 0 Å². The van der Waals surface area contributed by atoms with Crippen LogP contribution in [0.25, 0.3) is 0 Å². The summed E-state index contributed by atoms with van der Waals surface area (Å²) in [7, 11) is 0. The van der Waals surface area contributed by atoms with E-state index in [0.29, 0.717) is 10.8 Å². The second-order valence-corrected chi connectivity index (χ2v) is 4.17. The fourth-order valence-corrected chi connectivity index (χ4v) is 1.84. The van der Waals surface area contributed by atoms with E-state index in [0.717, 1.165) is 23.6 Å². The summed E-state index contributed by atoms with van der Waals surface area (Å²) in [6.07, 6.45) is 0.803. The van der Waals surface area contributed by atoms with Gasteiger partial charge < -0.3 is 5.32 Å². The average Bonchev–Trinajstić information content (AvgIpc) is 2.71. The highest BCUT2D eigenvalue weighted by molar-refractivity contribution is 7.15. The van der Waals surface area contributed by atoms with E-state index in [1.165, 1.54) is 17.4 Å². The van der Waals surface area contributed by atoms with E-state index in [9.17, 15) is 8.78 Å². The number of hydrogen-bond donors (Lipinski definition) is 1. The highest BCUT2D eigenvalue weighted by Crippen LogP contribution is 2.22. The van der Waals surface area contributed by atoms with E-state index in [2.05, 4.69) is 15.5 Å². The van der Waals surface area contributed by atoms with Gasteiger partial charge in [0.25, 0.3) is 0 Å². The van der Waals surface area contributed by atoms with Crippen LogP contribution in [0.5, 0.6) is 0 Å². The number of aromatic nitrogens is 2. The smallest absolute Gasteiger partial charge is 0.210 e. The molecular weight excluding hydrogens is 232 g/mol. The number of anilines is 2. The van der Waals surface area contributed by atoms with Crippen LogP contribution in [0, 0.1) is 11.6 Å². The van der Waals surface area contributed by atoms with Crippen molar-refractivity contribution in [2.75, 3.05) is 5.32 Å². The third-order valence-electron chi connectivity index (χ3n) is 1.94. The first kappa shape index (κ1) is 10.9. The van der Waals surface area contributed by atoms with Crippen molar-refractivity contribution in [2.45, 2.75) is 13.3 Å². The van der Waals surface area contributed by atoms with Gasteiger partial charge in [-0.3, -0.25) is 0 Å². The van der Waals surface area contributed by atoms with Crippen molar-refractivity contribution in [2.24, 2.45) is 0 Å². The number of benzene rings is 1. The van der Waals surface area contributed by atoms with Crippen molar-refractivity contribution in [1.29, 1.82) is 0 Å². The summed E-state index contributed by atoms with van der Waals surface area (Å²) in [4.78, 5) is 0. The molecule has 1 aromatic heterocycles. The Balaban J connectivity index is 2.17. The van der Waals surface area contributed by atoms with E-state index in [-0.39, 0.29) is 0 Å². The highest BCUT2D eigenvalue weighted by Gasteiger charge is 2.05. The molecule has 0 amide bonds. The van der Waals surface area contributed by atoms with Crippen molar-refractivity contribution in [3.05, 3.63) is 34.8 Å². The van der Waals surface area contributed by atoms with Crippen LogP contribution < -0.4 is 5.32 Å². The fourth-order valence-electron chi connectivity index (χ4n) is 1.14. The third-order valence-corrected chi connectivity index (χ3v) is 2.92. The van der Waals surface area contributed by atoms with Gasteiger partial charge in [-0.25, -0.2) is 8.78 Å². The molecule has 0 spiro atoms. The second-order valence-electron chi connectivity index (χ2n) is 3.11. The minimum absolute atomic E-state index is 0.456. The van der Waals surface area contributed by atoms with Crippen molar-refractivity contribution < 1.29 is 8.78 Å². The summed E-state index contributed by atoms with van der Waals surface area (Å²) >= 11 is 1.39. The largest absolute Gasteiger partial charge is 0.330 e. The number of aryl methyl sites for hydroxylation is 1. The molecule has 0 aliphatic carbocycles. The van der Waals surface area contributed by atoms with Gasteiger partial charge in [-0.2, -0.15) is 0 Å². The third kappa shape index (κ3) is 2.33. The number of rotatable bonds is 3. The number of nitrogens with zero attached hydrogens (tertiary/aromatic N) is 2. The molecule has 0 radical (unpaired) electrons. The van der Waals surface area contributed by atoms with Gasteiger partial charge in [-0.1, -0.05) is 18.3 Å². The molecule has 3 nitrogen and oxygen atoms in total. The monoisotopic (exact) mass is 241 g/mol. The summed E-state index contributed by atoms with van der Waals surface area (Å²) < 4.78 is 25.6. The average molecular weight is 241 g/mol. The Labute approximate surface area is 95.1 Å². The van der Waals surface area contributed by atoms with Crippen LogP contribution in [0.4, 0.5) is 19.6 Å². The first-order valence-electron chi connectivity index (χ1n) is 4.73. The summed E-state index contributed by atoms with van der Waals surface area (Å²) in [6.45, 7) is 1.97. The van der Waals surface area contributed by atoms with Crippen molar-refractivity contribution >= 4 is 22.2 Å². The van der Waals surface area contributed by atoms with E-state index in [1.807, 2.05) is 6.92 Å². The molecule has 0 bridgehead atoms. The SMILES string of the molecule is CCc1nnc(Nc2ccc(F)c(F)c2)s1. The Morgan fingerprint density at radius 1 is 1.25 bits per heavy atom. The normalized spacial score (nSPS) is 10.4. The maximum absolute atomic E-state index is 12.9. The molecule has 0 atom stereocenters. The highest BCUT2D eigenvalue weighted by atomic mass is 32.1. The van der Waals surface area contributed by atoms with Gasteiger partial charge >= 0.3 is 0 Å². The first-order valence-corrected chi connectivity index (χ1v) is 5.55. The van der Waals surface area contributed by atoms with Gasteiger partial charge in [0.15, 0.2) is 11.6 Å². The predicted octanol–water partition coefficient (Wildman–Crippen LogP) is 3.12. The Hall–Kier alpha value is -1.56. The Morgan fingerprint density at radius 2 is 2.06 bits per heavy atom. The molecule has 1 aromatic carbocycles. The van der Waals surface area contributed by atoms with Crippen molar-refractivity contribution in [3.8, 4) is 0 Å². The maximum atomic E-state index is 12.9. The van der Waals surface area contributed by atoms with Crippen molar-refractivity contribution in [3.63, 3.8) is 0 Å². The van der Waals surface area contributed by atoms with Gasteiger partial charge in [-0.15, -0.1) is 10.2 Å². The van der Waals surface area contributed by atoms with E-state index >= 15 is 0 Å². The van der Waals surface area contributed by atoms with Crippen LogP contribution in [0.15, 0.2) is 18.2 Å². The molecule has 1 heterocycles. The molecule has 0 saturated heterocycles. The van der Waals surface area contributed by atoms with Gasteiger partial charge in [0.2, 0.25) is 5.13 Å². The van der Waals surface area contributed by atoms with Gasteiger partial charge in [0.05, 0.1) is 0 Å². The van der Waals surface area contributed by atoms with E-state index < -0.39 is 11.6 Å². The van der Waals surface area contributed by atoms with Crippen LogP contribution in [0.1, 0.15) is 11.9 Å². The molecule has 2 rings (SSSR count). The zero-order valence-corrected chi connectivity index (χ0v) is 9.31. The van der Waals surface area contributed by atoms with Gasteiger partial charge in [-0.05, 0) is 18.6 Å². The lowest BCUT2D eigenvalue weighted by Gasteiger charge is -2.01. The Morgan fingerprint density at radius 3 is 2.69 bits per heavy atom. The molecular formula is C10H9F2N3S. The van der Waals surface area contributed by atoms with E-state index in [4.69, 9.17) is 0 Å². The summed E-state index contributed by atoms with van der Waals surface area (Å²) in [5, 5.41) is 12.1. The topological polar surface area (TPSA) is 37.8 Å². The molecule has 2 aromatic rings. The lowest BCUT2D eigenvalue weighted by Crippen LogP contribution is -1.92. The molecule has 0 unspecified atom stereocenters. The molecule has 0 aliphatic heterocycles. The molecule has 84 valence electrons. The van der Waals surface area contributed by atoms with Gasteiger partial charge in [0, 0.05) is 11.8 Å². The molecule has 1 N–H and O–H groups in total. The van der Waals surface area contributed by atoms with Crippen LogP contribution >= 0.6 is 11.3 Å². The molecule has 16 heavy (non-hydrogen) atoms. The number of nitrogens with one attached hydrogen (secondary N) is 1. The second kappa shape index (κ2) is 4.52. The zero-order chi connectivity index (χ0) is 11.5. The standard InChI is InChI=1S/C10H9F2N3S/c1-2-9-14-15-10(16-9)13-6-3-4-7(11)8(12)5-6/h3-5H,2H2,1H3,(H,13,15). The van der Waals surface area contributed by atoms with Crippen LogP contribution in [0.2, 0.25) is 0 Å². The minimum atomic E-state index is -0.884. The van der Waals surface area contributed by atoms with Crippen LogP contribution in [-0.4, -0.2) is 10.2 Å². The summed E-state index contributed by atoms with van der Waals surface area (Å²) in [6, 6.07) is 3.60. The quantitative estimate of drug-likeness (QED) is 0.897.